The van der Waals surface area contributed by atoms with Crippen molar-refractivity contribution in [2.45, 2.75) is 45.8 Å². The molecule has 1 saturated heterocycles. The molecule has 116 valence electrons. The van der Waals surface area contributed by atoms with Gasteiger partial charge in [0, 0.05) is 24.8 Å². The Hall–Kier alpha value is -1.62. The molecular weight excluding hydrogens is 266 g/mol. The minimum absolute atomic E-state index is 0.0746. The lowest BCUT2D eigenvalue weighted by Crippen LogP contribution is -2.51. The van der Waals surface area contributed by atoms with Crippen molar-refractivity contribution in [1.29, 1.82) is 0 Å². The van der Waals surface area contributed by atoms with Crippen molar-refractivity contribution < 1.29 is 9.53 Å². The van der Waals surface area contributed by atoms with Gasteiger partial charge in [0.25, 0.3) is 5.91 Å². The zero-order valence-corrected chi connectivity index (χ0v) is 13.3. The van der Waals surface area contributed by atoms with Crippen molar-refractivity contribution in [3.05, 3.63) is 23.4 Å². The molecule has 1 aromatic rings. The quantitative estimate of drug-likeness (QED) is 0.925. The molecule has 5 heteroatoms. The highest BCUT2D eigenvalue weighted by Crippen LogP contribution is 2.20. The lowest BCUT2D eigenvalue weighted by molar-refractivity contribution is -0.0444. The van der Waals surface area contributed by atoms with Crippen molar-refractivity contribution in [3.8, 4) is 0 Å². The standard InChI is InChI=1S/C16H25N3O2/c1-5-13-7-12(8-15(17-4)18-13)16(20)19-9-11(3)21-10-14(19)6-2/h7-8,11,14H,5-6,9-10H2,1-4H3,(H,17,18). The molecule has 2 heterocycles. The van der Waals surface area contributed by atoms with Gasteiger partial charge in [0.1, 0.15) is 5.82 Å². The van der Waals surface area contributed by atoms with Gasteiger partial charge in [-0.05, 0) is 31.9 Å². The summed E-state index contributed by atoms with van der Waals surface area (Å²) in [4.78, 5) is 19.3. The molecule has 21 heavy (non-hydrogen) atoms. The normalized spacial score (nSPS) is 22.2. The van der Waals surface area contributed by atoms with Gasteiger partial charge < -0.3 is 15.0 Å². The first kappa shape index (κ1) is 15.8. The second-order valence-electron chi connectivity index (χ2n) is 5.50. The molecule has 1 N–H and O–H groups in total. The number of morpholine rings is 1. The zero-order chi connectivity index (χ0) is 15.4. The summed E-state index contributed by atoms with van der Waals surface area (Å²) >= 11 is 0. The highest BCUT2D eigenvalue weighted by Gasteiger charge is 2.30. The van der Waals surface area contributed by atoms with Gasteiger partial charge in [-0.3, -0.25) is 4.79 Å². The lowest BCUT2D eigenvalue weighted by Gasteiger charge is -2.38. The average Bonchev–Trinajstić information content (AvgIpc) is 2.53. The summed E-state index contributed by atoms with van der Waals surface area (Å²) in [7, 11) is 1.82. The number of aromatic nitrogens is 1. The number of carbonyl (C=O) groups is 1. The molecule has 1 aliphatic heterocycles. The number of pyridine rings is 1. The molecule has 0 radical (unpaired) electrons. The van der Waals surface area contributed by atoms with E-state index >= 15 is 0 Å². The largest absolute Gasteiger partial charge is 0.375 e. The molecule has 1 aromatic heterocycles. The van der Waals surface area contributed by atoms with Gasteiger partial charge in [0.15, 0.2) is 0 Å². The summed E-state index contributed by atoms with van der Waals surface area (Å²) in [5.41, 5.74) is 1.64. The van der Waals surface area contributed by atoms with Crippen LogP contribution in [0.2, 0.25) is 0 Å². The van der Waals surface area contributed by atoms with Crippen molar-refractivity contribution in [1.82, 2.24) is 9.88 Å². The predicted molar refractivity (Wildman–Crippen MR) is 83.7 cm³/mol. The summed E-state index contributed by atoms with van der Waals surface area (Å²) in [6, 6.07) is 3.88. The summed E-state index contributed by atoms with van der Waals surface area (Å²) in [6.07, 6.45) is 1.81. The minimum atomic E-state index is 0.0746. The zero-order valence-electron chi connectivity index (χ0n) is 13.3. The second-order valence-corrected chi connectivity index (χ2v) is 5.50. The van der Waals surface area contributed by atoms with Crippen LogP contribution in [-0.4, -0.2) is 48.1 Å². The SMILES string of the molecule is CCc1cc(C(=O)N2CC(C)OCC2CC)cc(NC)n1. The van der Waals surface area contributed by atoms with Crippen LogP contribution in [0.1, 0.15) is 43.2 Å². The third-order valence-corrected chi connectivity index (χ3v) is 3.94. The van der Waals surface area contributed by atoms with E-state index in [-0.39, 0.29) is 18.1 Å². The average molecular weight is 291 g/mol. The van der Waals surface area contributed by atoms with Gasteiger partial charge >= 0.3 is 0 Å². The summed E-state index contributed by atoms with van der Waals surface area (Å²) in [6.45, 7) is 7.41. The van der Waals surface area contributed by atoms with Crippen LogP contribution in [0, 0.1) is 0 Å². The van der Waals surface area contributed by atoms with E-state index < -0.39 is 0 Å². The Balaban J connectivity index is 2.29. The van der Waals surface area contributed by atoms with E-state index in [4.69, 9.17) is 4.74 Å². The van der Waals surface area contributed by atoms with Crippen molar-refractivity contribution >= 4 is 11.7 Å². The number of carbonyl (C=O) groups excluding carboxylic acids is 1. The number of nitrogens with one attached hydrogen (secondary N) is 1. The van der Waals surface area contributed by atoms with Gasteiger partial charge in [-0.2, -0.15) is 0 Å². The maximum absolute atomic E-state index is 12.9. The molecule has 0 aliphatic carbocycles. The molecule has 1 aliphatic rings. The topological polar surface area (TPSA) is 54.5 Å². The molecule has 2 rings (SSSR count). The fraction of sp³-hybridized carbons (Fsp3) is 0.625. The van der Waals surface area contributed by atoms with Gasteiger partial charge in [-0.1, -0.05) is 13.8 Å². The first-order valence-corrected chi connectivity index (χ1v) is 7.70. The Morgan fingerprint density at radius 3 is 2.86 bits per heavy atom. The van der Waals surface area contributed by atoms with E-state index in [1.54, 1.807) is 0 Å². The Bertz CT molecular complexity index is 482. The number of hydrogen-bond acceptors (Lipinski definition) is 4. The summed E-state index contributed by atoms with van der Waals surface area (Å²) < 4.78 is 5.67. The van der Waals surface area contributed by atoms with Gasteiger partial charge in [-0.15, -0.1) is 0 Å². The third kappa shape index (κ3) is 3.53. The van der Waals surface area contributed by atoms with E-state index in [0.717, 1.165) is 24.4 Å². The van der Waals surface area contributed by atoms with Crippen LogP contribution in [0.15, 0.2) is 12.1 Å². The number of hydrogen-bond donors (Lipinski definition) is 1. The van der Waals surface area contributed by atoms with Crippen LogP contribution >= 0.6 is 0 Å². The van der Waals surface area contributed by atoms with E-state index in [0.29, 0.717) is 18.7 Å². The maximum Gasteiger partial charge on any atom is 0.254 e. The molecular formula is C16H25N3O2. The predicted octanol–water partition coefficient (Wildman–Crippen LogP) is 2.33. The molecule has 1 amide bonds. The molecule has 0 spiro atoms. The van der Waals surface area contributed by atoms with Crippen molar-refractivity contribution in [2.24, 2.45) is 0 Å². The molecule has 0 saturated carbocycles. The molecule has 2 unspecified atom stereocenters. The van der Waals surface area contributed by atoms with Crippen LogP contribution in [0.4, 0.5) is 5.82 Å². The highest BCUT2D eigenvalue weighted by atomic mass is 16.5. The number of ether oxygens (including phenoxy) is 1. The van der Waals surface area contributed by atoms with E-state index in [1.165, 1.54) is 0 Å². The van der Waals surface area contributed by atoms with Crippen LogP contribution in [0.25, 0.3) is 0 Å². The smallest absolute Gasteiger partial charge is 0.254 e. The van der Waals surface area contributed by atoms with E-state index in [9.17, 15) is 4.79 Å². The monoisotopic (exact) mass is 291 g/mol. The van der Waals surface area contributed by atoms with Gasteiger partial charge in [-0.25, -0.2) is 4.98 Å². The Kier molecular flexibility index (Phi) is 5.17. The number of aryl methyl sites for hydroxylation is 1. The number of amides is 1. The van der Waals surface area contributed by atoms with Crippen LogP contribution in [-0.2, 0) is 11.2 Å². The first-order valence-electron chi connectivity index (χ1n) is 7.70. The summed E-state index contributed by atoms with van der Waals surface area (Å²) in [5.74, 6) is 0.817. The van der Waals surface area contributed by atoms with Crippen molar-refractivity contribution in [2.75, 3.05) is 25.5 Å². The van der Waals surface area contributed by atoms with Crippen LogP contribution in [0.5, 0.6) is 0 Å². The molecule has 1 fully saturated rings. The number of rotatable bonds is 4. The minimum Gasteiger partial charge on any atom is -0.375 e. The third-order valence-electron chi connectivity index (χ3n) is 3.94. The highest BCUT2D eigenvalue weighted by molar-refractivity contribution is 5.95. The number of nitrogens with zero attached hydrogens (tertiary/aromatic N) is 2. The van der Waals surface area contributed by atoms with E-state index in [1.807, 2.05) is 37.9 Å². The number of anilines is 1. The summed E-state index contributed by atoms with van der Waals surface area (Å²) in [5, 5.41) is 3.03. The van der Waals surface area contributed by atoms with Crippen molar-refractivity contribution in [3.63, 3.8) is 0 Å². The second kappa shape index (κ2) is 6.89. The fourth-order valence-corrected chi connectivity index (χ4v) is 2.62. The molecule has 0 bridgehead atoms. The lowest BCUT2D eigenvalue weighted by atomic mass is 10.1. The van der Waals surface area contributed by atoms with Crippen LogP contribution < -0.4 is 5.32 Å². The molecule has 2 atom stereocenters. The Morgan fingerprint density at radius 2 is 2.24 bits per heavy atom. The van der Waals surface area contributed by atoms with E-state index in [2.05, 4.69) is 17.2 Å². The fourth-order valence-electron chi connectivity index (χ4n) is 2.62. The van der Waals surface area contributed by atoms with Crippen LogP contribution in [0.3, 0.4) is 0 Å². The maximum atomic E-state index is 12.9. The molecule has 5 nitrogen and oxygen atoms in total. The van der Waals surface area contributed by atoms with Gasteiger partial charge in [0.05, 0.1) is 18.8 Å². The first-order chi connectivity index (χ1) is 10.1. The Labute approximate surface area is 126 Å². The molecule has 0 aromatic carbocycles. The van der Waals surface area contributed by atoms with Gasteiger partial charge in [0.2, 0.25) is 0 Å². The Morgan fingerprint density at radius 1 is 1.48 bits per heavy atom.